The monoisotopic (exact) mass is 275 g/mol. The highest BCUT2D eigenvalue weighted by atomic mass is 16.5. The van der Waals surface area contributed by atoms with Crippen LogP contribution in [0.1, 0.15) is 51.3 Å². The molecule has 5 rings (SSSR count). The van der Waals surface area contributed by atoms with Crippen molar-refractivity contribution in [2.75, 3.05) is 6.54 Å². The lowest BCUT2D eigenvalue weighted by molar-refractivity contribution is -0.0702. The Kier molecular flexibility index (Phi) is 3.09. The minimum Gasteiger partial charge on any atom is -0.343 e. The van der Waals surface area contributed by atoms with Crippen molar-refractivity contribution >= 4 is 0 Å². The van der Waals surface area contributed by atoms with Gasteiger partial charge in [0, 0.05) is 19.0 Å². The van der Waals surface area contributed by atoms with Crippen molar-refractivity contribution in [1.29, 1.82) is 0 Å². The van der Waals surface area contributed by atoms with Crippen molar-refractivity contribution < 1.29 is 4.52 Å². The second-order valence-electron chi connectivity index (χ2n) is 7.55. The lowest BCUT2D eigenvalue weighted by Crippen LogP contribution is -2.55. The number of hydrogen-bond acceptors (Lipinski definition) is 4. The molecule has 1 heterocycles. The third-order valence-electron chi connectivity index (χ3n) is 6.21. The van der Waals surface area contributed by atoms with Gasteiger partial charge in [-0.25, -0.2) is 0 Å². The first-order valence-electron chi connectivity index (χ1n) is 8.22. The summed E-state index contributed by atoms with van der Waals surface area (Å²) in [7, 11) is 0. The van der Waals surface area contributed by atoms with E-state index in [0.717, 1.165) is 36.5 Å². The van der Waals surface area contributed by atoms with Crippen molar-refractivity contribution in [2.45, 2.75) is 57.9 Å². The van der Waals surface area contributed by atoms with Gasteiger partial charge in [-0.3, -0.25) is 0 Å². The van der Waals surface area contributed by atoms with Gasteiger partial charge >= 0.3 is 0 Å². The van der Waals surface area contributed by atoms with Gasteiger partial charge in [-0.1, -0.05) is 5.16 Å². The van der Waals surface area contributed by atoms with E-state index in [0.29, 0.717) is 11.5 Å². The summed E-state index contributed by atoms with van der Waals surface area (Å²) < 4.78 is 4.78. The van der Waals surface area contributed by atoms with Crippen LogP contribution < -0.4 is 5.32 Å². The molecule has 4 bridgehead atoms. The second kappa shape index (κ2) is 4.83. The summed E-state index contributed by atoms with van der Waals surface area (Å²) in [4.78, 5) is 4.09. The average molecular weight is 275 g/mol. The molecule has 20 heavy (non-hydrogen) atoms. The minimum atomic E-state index is 0.589. The van der Waals surface area contributed by atoms with E-state index in [2.05, 4.69) is 22.4 Å². The third kappa shape index (κ3) is 2.18. The van der Waals surface area contributed by atoms with Crippen molar-refractivity contribution in [1.82, 2.24) is 15.5 Å². The van der Waals surface area contributed by atoms with Crippen LogP contribution >= 0.6 is 0 Å². The number of nitrogens with zero attached hydrogens (tertiary/aromatic N) is 2. The lowest BCUT2D eigenvalue weighted by atomic mass is 9.48. The Bertz CT molecular complexity index is 421. The second-order valence-corrected chi connectivity index (χ2v) is 7.55. The molecule has 0 aromatic carbocycles. The van der Waals surface area contributed by atoms with E-state index in [4.69, 9.17) is 4.52 Å². The number of nitrogens with one attached hydrogen (secondary N) is 1. The third-order valence-corrected chi connectivity index (χ3v) is 6.21. The fourth-order valence-corrected chi connectivity index (χ4v) is 5.63. The van der Waals surface area contributed by atoms with Gasteiger partial charge in [-0.05, 0) is 68.6 Å². The van der Waals surface area contributed by atoms with Crippen LogP contribution in [0.4, 0.5) is 0 Å². The Labute approximate surface area is 120 Å². The summed E-state index contributed by atoms with van der Waals surface area (Å²) in [6.07, 6.45) is 11.3. The fourth-order valence-electron chi connectivity index (χ4n) is 5.63. The standard InChI is InChI=1S/C16H25N3O/c1-11(17-3-2-15-18-10-20-19-15)16-7-12-4-13(8-16)6-14(5-12)9-16/h10-14,17H,2-9H2,1H3. The van der Waals surface area contributed by atoms with Gasteiger partial charge in [0.2, 0.25) is 6.39 Å². The van der Waals surface area contributed by atoms with Gasteiger partial charge in [-0.15, -0.1) is 0 Å². The number of hydrogen-bond donors (Lipinski definition) is 1. The molecule has 4 saturated carbocycles. The largest absolute Gasteiger partial charge is 0.343 e. The first-order chi connectivity index (χ1) is 9.73. The normalized spacial score (nSPS) is 40.1. The molecule has 0 radical (unpaired) electrons. The molecule has 1 N–H and O–H groups in total. The Balaban J connectivity index is 1.37. The number of aromatic nitrogens is 2. The van der Waals surface area contributed by atoms with E-state index in [1.54, 1.807) is 0 Å². The van der Waals surface area contributed by atoms with Gasteiger partial charge in [0.05, 0.1) is 0 Å². The molecule has 4 nitrogen and oxygen atoms in total. The maximum atomic E-state index is 4.78. The molecule has 1 aromatic rings. The SMILES string of the molecule is CC(NCCc1ncon1)C12CC3CC(CC(C3)C1)C2. The zero-order chi connectivity index (χ0) is 13.6. The van der Waals surface area contributed by atoms with Gasteiger partial charge in [0.15, 0.2) is 5.82 Å². The van der Waals surface area contributed by atoms with Crippen LogP contribution in [0, 0.1) is 23.2 Å². The van der Waals surface area contributed by atoms with Crippen molar-refractivity contribution in [2.24, 2.45) is 23.2 Å². The Morgan fingerprint density at radius 1 is 1.25 bits per heavy atom. The van der Waals surface area contributed by atoms with Gasteiger partial charge < -0.3 is 9.84 Å². The van der Waals surface area contributed by atoms with Crippen LogP contribution in [-0.4, -0.2) is 22.7 Å². The van der Waals surface area contributed by atoms with Crippen LogP contribution in [0.15, 0.2) is 10.9 Å². The lowest BCUT2D eigenvalue weighted by Gasteiger charge is -2.59. The molecule has 0 spiro atoms. The molecule has 0 saturated heterocycles. The minimum absolute atomic E-state index is 0.589. The first-order valence-corrected chi connectivity index (χ1v) is 8.22. The van der Waals surface area contributed by atoms with Crippen LogP contribution in [0.25, 0.3) is 0 Å². The Morgan fingerprint density at radius 2 is 1.90 bits per heavy atom. The summed E-state index contributed by atoms with van der Waals surface area (Å²) >= 11 is 0. The first kappa shape index (κ1) is 12.8. The summed E-state index contributed by atoms with van der Waals surface area (Å²) in [5.74, 6) is 3.91. The molecule has 1 atom stereocenters. The highest BCUT2D eigenvalue weighted by Crippen LogP contribution is 2.61. The van der Waals surface area contributed by atoms with Crippen molar-refractivity contribution in [3.63, 3.8) is 0 Å². The molecule has 4 aliphatic carbocycles. The van der Waals surface area contributed by atoms with E-state index >= 15 is 0 Å². The highest BCUT2D eigenvalue weighted by molar-refractivity contribution is 5.05. The van der Waals surface area contributed by atoms with E-state index in [1.165, 1.54) is 44.9 Å². The van der Waals surface area contributed by atoms with Gasteiger partial charge in [0.25, 0.3) is 0 Å². The summed E-state index contributed by atoms with van der Waals surface area (Å²) in [5, 5.41) is 7.64. The maximum Gasteiger partial charge on any atom is 0.213 e. The molecular formula is C16H25N3O. The average Bonchev–Trinajstić information content (AvgIpc) is 2.90. The molecule has 4 heteroatoms. The van der Waals surface area contributed by atoms with E-state index in [1.807, 2.05) is 0 Å². The maximum absolute atomic E-state index is 4.78. The molecular weight excluding hydrogens is 250 g/mol. The zero-order valence-corrected chi connectivity index (χ0v) is 12.3. The van der Waals surface area contributed by atoms with Gasteiger partial charge in [-0.2, -0.15) is 4.98 Å². The molecule has 1 unspecified atom stereocenters. The number of rotatable bonds is 5. The quantitative estimate of drug-likeness (QED) is 0.897. The molecule has 4 fully saturated rings. The van der Waals surface area contributed by atoms with Crippen molar-refractivity contribution in [3.05, 3.63) is 12.2 Å². The molecule has 0 aliphatic heterocycles. The summed E-state index contributed by atoms with van der Waals surface area (Å²) in [6.45, 7) is 3.37. The van der Waals surface area contributed by atoms with Crippen LogP contribution in [-0.2, 0) is 6.42 Å². The Hall–Kier alpha value is -0.900. The predicted molar refractivity (Wildman–Crippen MR) is 76.1 cm³/mol. The van der Waals surface area contributed by atoms with Crippen LogP contribution in [0.5, 0.6) is 0 Å². The van der Waals surface area contributed by atoms with Gasteiger partial charge in [0.1, 0.15) is 0 Å². The molecule has 1 aromatic heterocycles. The van der Waals surface area contributed by atoms with E-state index in [9.17, 15) is 0 Å². The zero-order valence-electron chi connectivity index (χ0n) is 12.3. The fraction of sp³-hybridized carbons (Fsp3) is 0.875. The topological polar surface area (TPSA) is 51.0 Å². The molecule has 110 valence electrons. The Morgan fingerprint density at radius 3 is 2.45 bits per heavy atom. The molecule has 0 amide bonds. The van der Waals surface area contributed by atoms with Crippen LogP contribution in [0.2, 0.25) is 0 Å². The highest BCUT2D eigenvalue weighted by Gasteiger charge is 2.52. The van der Waals surface area contributed by atoms with Crippen molar-refractivity contribution in [3.8, 4) is 0 Å². The summed E-state index contributed by atoms with van der Waals surface area (Å²) in [5.41, 5.74) is 0.589. The molecule has 4 aliphatic rings. The van der Waals surface area contributed by atoms with E-state index in [-0.39, 0.29) is 0 Å². The van der Waals surface area contributed by atoms with Crippen LogP contribution in [0.3, 0.4) is 0 Å². The smallest absolute Gasteiger partial charge is 0.213 e. The predicted octanol–water partition coefficient (Wildman–Crippen LogP) is 2.81. The summed E-state index contributed by atoms with van der Waals surface area (Å²) in [6, 6.07) is 0.628. The van der Waals surface area contributed by atoms with E-state index < -0.39 is 0 Å².